The van der Waals surface area contributed by atoms with Crippen LogP contribution in [0.1, 0.15) is 0 Å². The van der Waals surface area contributed by atoms with E-state index in [1.807, 2.05) is 0 Å². The molecule has 0 spiro atoms. The fourth-order valence-corrected chi connectivity index (χ4v) is 0.516. The molecular formula is C6H4O3. The maximum Gasteiger partial charge on any atom is 0.336 e. The van der Waals surface area contributed by atoms with Gasteiger partial charge in [-0.15, -0.1) is 0 Å². The molecule has 0 unspecified atom stereocenters. The summed E-state index contributed by atoms with van der Waals surface area (Å²) in [7, 11) is 0. The number of hydrogen-bond acceptors (Lipinski definition) is 2. The molecule has 0 bridgehead atoms. The molecule has 1 rings (SSSR count). The van der Waals surface area contributed by atoms with E-state index in [0.717, 1.165) is 0 Å². The number of carbonyl (C=O) groups excluding carboxylic acids is 1. The molecule has 0 aromatic carbocycles. The highest BCUT2D eigenvalue weighted by atomic mass is 16.4. The Balaban J connectivity index is 2.57. The summed E-state index contributed by atoms with van der Waals surface area (Å²) in [6.07, 6.45) is 3.24. The van der Waals surface area contributed by atoms with Crippen LogP contribution in [-0.2, 0) is 9.59 Å². The Morgan fingerprint density at radius 3 is 2.67 bits per heavy atom. The molecule has 0 heterocycles. The zero-order valence-electron chi connectivity index (χ0n) is 4.50. The molecule has 0 aliphatic heterocycles. The lowest BCUT2D eigenvalue weighted by Crippen LogP contribution is -1.89. The molecule has 1 N–H and O–H groups in total. The first-order valence-electron chi connectivity index (χ1n) is 2.36. The highest BCUT2D eigenvalue weighted by Crippen LogP contribution is 2.26. The quantitative estimate of drug-likeness (QED) is 0.420. The Hall–Kier alpha value is -1.38. The van der Waals surface area contributed by atoms with Crippen LogP contribution in [-0.4, -0.2) is 17.4 Å². The number of allylic oxidation sites excluding steroid dienone is 2. The SMILES string of the molecule is O=C/C=C1C=C\1C(=O)O. The van der Waals surface area contributed by atoms with Crippen LogP contribution in [0.3, 0.4) is 0 Å². The summed E-state index contributed by atoms with van der Waals surface area (Å²) >= 11 is 0. The molecule has 0 saturated carbocycles. The first-order valence-corrected chi connectivity index (χ1v) is 2.36. The number of aliphatic carboxylic acids is 1. The lowest BCUT2D eigenvalue weighted by atomic mass is 10.4. The van der Waals surface area contributed by atoms with Crippen molar-refractivity contribution in [3.05, 3.63) is 23.3 Å². The molecule has 0 aromatic heterocycles. The highest BCUT2D eigenvalue weighted by molar-refractivity contribution is 6.02. The third-order valence-corrected chi connectivity index (χ3v) is 1.01. The molecule has 0 fully saturated rings. The molecule has 1 aliphatic carbocycles. The van der Waals surface area contributed by atoms with Crippen LogP contribution in [0, 0.1) is 0 Å². The van der Waals surface area contributed by atoms with Crippen LogP contribution >= 0.6 is 0 Å². The lowest BCUT2D eigenvalue weighted by molar-refractivity contribution is -0.131. The van der Waals surface area contributed by atoms with Crippen LogP contribution in [0.5, 0.6) is 0 Å². The average molecular weight is 124 g/mol. The van der Waals surface area contributed by atoms with E-state index >= 15 is 0 Å². The molecule has 0 saturated heterocycles. The van der Waals surface area contributed by atoms with E-state index < -0.39 is 5.97 Å². The second-order valence-electron chi connectivity index (χ2n) is 1.62. The Kier molecular flexibility index (Phi) is 1.18. The van der Waals surface area contributed by atoms with Gasteiger partial charge in [-0.05, 0) is 17.7 Å². The molecule has 3 heteroatoms. The topological polar surface area (TPSA) is 54.4 Å². The first-order chi connectivity index (χ1) is 4.25. The molecule has 0 radical (unpaired) electrons. The van der Waals surface area contributed by atoms with Crippen molar-refractivity contribution in [2.24, 2.45) is 0 Å². The van der Waals surface area contributed by atoms with Crippen molar-refractivity contribution < 1.29 is 14.7 Å². The van der Waals surface area contributed by atoms with Crippen molar-refractivity contribution >= 4 is 12.3 Å². The van der Waals surface area contributed by atoms with Gasteiger partial charge in [-0.25, -0.2) is 4.79 Å². The van der Waals surface area contributed by atoms with Gasteiger partial charge in [0, 0.05) is 0 Å². The van der Waals surface area contributed by atoms with Crippen molar-refractivity contribution in [3.63, 3.8) is 0 Å². The van der Waals surface area contributed by atoms with Crippen molar-refractivity contribution in [1.29, 1.82) is 0 Å². The fourth-order valence-electron chi connectivity index (χ4n) is 0.516. The number of rotatable bonds is 2. The van der Waals surface area contributed by atoms with E-state index in [1.165, 1.54) is 12.2 Å². The molecule has 0 aromatic rings. The van der Waals surface area contributed by atoms with Gasteiger partial charge in [-0.3, -0.25) is 4.79 Å². The fraction of sp³-hybridized carbons (Fsp3) is 0. The minimum Gasteiger partial charge on any atom is -0.478 e. The van der Waals surface area contributed by atoms with Crippen LogP contribution < -0.4 is 0 Å². The zero-order valence-corrected chi connectivity index (χ0v) is 4.50. The van der Waals surface area contributed by atoms with Crippen LogP contribution in [0.2, 0.25) is 0 Å². The normalized spacial score (nSPS) is 19.1. The maximum absolute atomic E-state index is 10.0. The van der Waals surface area contributed by atoms with Crippen LogP contribution in [0.4, 0.5) is 0 Å². The predicted molar refractivity (Wildman–Crippen MR) is 29.9 cm³/mol. The summed E-state index contributed by atoms with van der Waals surface area (Å²) in [4.78, 5) is 19.7. The Labute approximate surface area is 51.3 Å². The first kappa shape index (κ1) is 5.75. The van der Waals surface area contributed by atoms with Gasteiger partial charge in [0.15, 0.2) is 0 Å². The van der Waals surface area contributed by atoms with E-state index in [1.54, 1.807) is 0 Å². The number of carboxylic acid groups (broad SMARTS) is 1. The molecule has 0 atom stereocenters. The zero-order chi connectivity index (χ0) is 6.85. The monoisotopic (exact) mass is 124 g/mol. The molecule has 1 aliphatic rings. The molecule has 0 amide bonds. The number of aldehydes is 1. The third-order valence-electron chi connectivity index (χ3n) is 1.01. The Morgan fingerprint density at radius 1 is 1.67 bits per heavy atom. The Morgan fingerprint density at radius 2 is 2.33 bits per heavy atom. The highest BCUT2D eigenvalue weighted by Gasteiger charge is 2.22. The Bertz CT molecular complexity index is 222. The third kappa shape index (κ3) is 1.05. The van der Waals surface area contributed by atoms with Crippen LogP contribution in [0.15, 0.2) is 23.3 Å². The smallest absolute Gasteiger partial charge is 0.336 e. The molecular weight excluding hydrogens is 120 g/mol. The van der Waals surface area contributed by atoms with E-state index in [4.69, 9.17) is 5.11 Å². The van der Waals surface area contributed by atoms with Gasteiger partial charge >= 0.3 is 5.97 Å². The largest absolute Gasteiger partial charge is 0.478 e. The summed E-state index contributed by atoms with van der Waals surface area (Å²) in [6.45, 7) is 0. The summed E-state index contributed by atoms with van der Waals surface area (Å²) < 4.78 is 0. The van der Waals surface area contributed by atoms with Crippen LogP contribution in [0.25, 0.3) is 0 Å². The standard InChI is InChI=1S/C6H4O3/c7-2-1-4-3-5(4)6(8)9/h1-3H,(H,8,9)/b4-1+. The van der Waals surface area contributed by atoms with Crippen molar-refractivity contribution in [3.8, 4) is 0 Å². The number of carboxylic acids is 1. The molecule has 9 heavy (non-hydrogen) atoms. The van der Waals surface area contributed by atoms with Crippen molar-refractivity contribution in [2.45, 2.75) is 0 Å². The van der Waals surface area contributed by atoms with Gasteiger partial charge in [0.25, 0.3) is 0 Å². The van der Waals surface area contributed by atoms with Gasteiger partial charge in [0.2, 0.25) is 0 Å². The summed E-state index contributed by atoms with van der Waals surface area (Å²) in [5, 5.41) is 8.23. The maximum atomic E-state index is 10.0. The van der Waals surface area contributed by atoms with E-state index in [2.05, 4.69) is 0 Å². The molecule has 3 nitrogen and oxygen atoms in total. The number of carbonyl (C=O) groups is 2. The summed E-state index contributed by atoms with van der Waals surface area (Å²) in [5.41, 5.74) is 0.764. The van der Waals surface area contributed by atoms with E-state index in [0.29, 0.717) is 11.9 Å². The van der Waals surface area contributed by atoms with Gasteiger partial charge in [-0.2, -0.15) is 0 Å². The van der Waals surface area contributed by atoms with Crippen molar-refractivity contribution in [2.75, 3.05) is 0 Å². The summed E-state index contributed by atoms with van der Waals surface area (Å²) in [5.74, 6) is -0.969. The van der Waals surface area contributed by atoms with Gasteiger partial charge in [0.05, 0.1) is 5.57 Å². The average Bonchev–Trinajstić information content (AvgIpc) is 2.47. The minimum absolute atomic E-state index is 0.238. The number of hydrogen-bond donors (Lipinski definition) is 1. The summed E-state index contributed by atoms with van der Waals surface area (Å²) in [6, 6.07) is 0. The van der Waals surface area contributed by atoms with E-state index in [-0.39, 0.29) is 5.57 Å². The minimum atomic E-state index is -0.969. The predicted octanol–water partition coefficient (Wildman–Crippen LogP) is 0.136. The van der Waals surface area contributed by atoms with Gasteiger partial charge in [-0.1, -0.05) is 0 Å². The second kappa shape index (κ2) is 1.85. The van der Waals surface area contributed by atoms with E-state index in [9.17, 15) is 9.59 Å². The van der Waals surface area contributed by atoms with Gasteiger partial charge in [0.1, 0.15) is 6.29 Å². The van der Waals surface area contributed by atoms with Gasteiger partial charge < -0.3 is 5.11 Å². The van der Waals surface area contributed by atoms with Crippen molar-refractivity contribution in [1.82, 2.24) is 0 Å². The lowest BCUT2D eigenvalue weighted by Gasteiger charge is -1.75. The second-order valence-corrected chi connectivity index (χ2v) is 1.62. The molecule has 46 valence electrons.